The molecule has 0 spiro atoms. The van der Waals surface area contributed by atoms with Crippen LogP contribution in [0.2, 0.25) is 5.15 Å². The van der Waals surface area contributed by atoms with Gasteiger partial charge in [0, 0.05) is 18.3 Å². The van der Waals surface area contributed by atoms with E-state index in [1.54, 1.807) is 0 Å². The highest BCUT2D eigenvalue weighted by Crippen LogP contribution is 2.20. The summed E-state index contributed by atoms with van der Waals surface area (Å²) in [6.07, 6.45) is -2.52. The Kier molecular flexibility index (Phi) is 4.70. The van der Waals surface area contributed by atoms with Crippen LogP contribution in [0.15, 0.2) is 12.1 Å². The molecule has 3 N–H and O–H groups in total. The van der Waals surface area contributed by atoms with Crippen LogP contribution < -0.4 is 10.6 Å². The molecule has 1 aromatic heterocycles. The van der Waals surface area contributed by atoms with E-state index in [-0.39, 0.29) is 24.1 Å². The number of aromatic nitrogens is 1. The third kappa shape index (κ3) is 3.79. The third-order valence-corrected chi connectivity index (χ3v) is 2.05. The maximum absolute atomic E-state index is 12.3. The van der Waals surface area contributed by atoms with Gasteiger partial charge in [-0.3, -0.25) is 0 Å². The molecule has 0 aliphatic carbocycles. The van der Waals surface area contributed by atoms with E-state index in [2.05, 4.69) is 4.98 Å². The van der Waals surface area contributed by atoms with E-state index in [4.69, 9.17) is 22.4 Å². The minimum atomic E-state index is -2.52. The van der Waals surface area contributed by atoms with E-state index in [1.807, 2.05) is 0 Å². The van der Waals surface area contributed by atoms with Gasteiger partial charge in [-0.2, -0.15) is 0 Å². The molecule has 0 fully saturated rings. The molecule has 0 aliphatic rings. The molecule has 0 aromatic carbocycles. The lowest BCUT2D eigenvalue weighted by Crippen LogP contribution is -2.32. The zero-order valence-electron chi connectivity index (χ0n) is 8.41. The number of alkyl halides is 2. The minimum Gasteiger partial charge on any atom is -0.399 e. The number of hydrogen-bond donors (Lipinski definition) is 2. The second kappa shape index (κ2) is 5.81. The summed E-state index contributed by atoms with van der Waals surface area (Å²) in [5.41, 5.74) is 5.86. The normalized spacial score (nSPS) is 10.8. The fourth-order valence-electron chi connectivity index (χ4n) is 1.25. The first kappa shape index (κ1) is 12.9. The molecular formula is C9H12ClF2N3O. The number of pyridine rings is 1. The lowest BCUT2D eigenvalue weighted by molar-refractivity contribution is 0.152. The molecule has 0 saturated heterocycles. The lowest BCUT2D eigenvalue weighted by Gasteiger charge is -2.22. The lowest BCUT2D eigenvalue weighted by atomic mass is 10.3. The Bertz CT molecular complexity index is 331. The Hall–Kier alpha value is -1.14. The Morgan fingerprint density at radius 1 is 1.50 bits per heavy atom. The van der Waals surface area contributed by atoms with Gasteiger partial charge in [0.25, 0.3) is 6.43 Å². The van der Waals surface area contributed by atoms with Crippen LogP contribution in [0.25, 0.3) is 0 Å². The first-order chi connectivity index (χ1) is 7.52. The molecule has 1 aromatic rings. The predicted molar refractivity (Wildman–Crippen MR) is 59.0 cm³/mol. The fourth-order valence-corrected chi connectivity index (χ4v) is 1.46. The Morgan fingerprint density at radius 3 is 2.69 bits per heavy atom. The second-order valence-corrected chi connectivity index (χ2v) is 3.53. The predicted octanol–water partition coefficient (Wildman–Crippen LogP) is 1.38. The van der Waals surface area contributed by atoms with Gasteiger partial charge < -0.3 is 15.7 Å². The van der Waals surface area contributed by atoms with Gasteiger partial charge in [-0.15, -0.1) is 0 Å². The van der Waals surface area contributed by atoms with E-state index in [0.29, 0.717) is 5.69 Å². The van der Waals surface area contributed by atoms with Crippen LogP contribution in [0, 0.1) is 0 Å². The largest absolute Gasteiger partial charge is 0.399 e. The molecule has 0 saturated carbocycles. The number of aliphatic hydroxyl groups is 1. The number of rotatable bonds is 5. The fraction of sp³-hybridized carbons (Fsp3) is 0.444. The molecule has 16 heavy (non-hydrogen) atoms. The Labute approximate surface area is 96.6 Å². The number of halogens is 3. The van der Waals surface area contributed by atoms with Gasteiger partial charge in [0.05, 0.1) is 13.2 Å². The van der Waals surface area contributed by atoms with E-state index >= 15 is 0 Å². The van der Waals surface area contributed by atoms with Crippen molar-refractivity contribution in [3.05, 3.63) is 17.3 Å². The van der Waals surface area contributed by atoms with Gasteiger partial charge in [-0.1, -0.05) is 11.6 Å². The summed E-state index contributed by atoms with van der Waals surface area (Å²) in [5, 5.41) is 8.90. The molecule has 1 rings (SSSR count). The highest BCUT2D eigenvalue weighted by molar-refractivity contribution is 6.29. The van der Waals surface area contributed by atoms with E-state index < -0.39 is 13.0 Å². The maximum Gasteiger partial charge on any atom is 0.255 e. The van der Waals surface area contributed by atoms with Crippen LogP contribution in [-0.4, -0.2) is 36.2 Å². The zero-order valence-corrected chi connectivity index (χ0v) is 9.16. The summed E-state index contributed by atoms with van der Waals surface area (Å²) in [5.74, 6) is 0.236. The molecule has 0 bridgehead atoms. The van der Waals surface area contributed by atoms with Crippen molar-refractivity contribution in [3.63, 3.8) is 0 Å². The van der Waals surface area contributed by atoms with Gasteiger partial charge in [0.1, 0.15) is 11.0 Å². The van der Waals surface area contributed by atoms with Crippen molar-refractivity contribution < 1.29 is 13.9 Å². The van der Waals surface area contributed by atoms with Crippen molar-refractivity contribution in [1.29, 1.82) is 0 Å². The van der Waals surface area contributed by atoms with Gasteiger partial charge in [0.2, 0.25) is 0 Å². The smallest absolute Gasteiger partial charge is 0.255 e. The molecule has 0 unspecified atom stereocenters. The number of hydrogen-bond acceptors (Lipinski definition) is 4. The molecule has 0 amide bonds. The first-order valence-electron chi connectivity index (χ1n) is 4.60. The van der Waals surface area contributed by atoms with Crippen LogP contribution in [-0.2, 0) is 0 Å². The van der Waals surface area contributed by atoms with Crippen molar-refractivity contribution >= 4 is 23.1 Å². The molecule has 0 radical (unpaired) electrons. The number of nitrogens with two attached hydrogens (primary N) is 1. The van der Waals surface area contributed by atoms with Crippen LogP contribution in [0.1, 0.15) is 0 Å². The number of anilines is 2. The highest BCUT2D eigenvalue weighted by atomic mass is 35.5. The summed E-state index contributed by atoms with van der Waals surface area (Å²) in [4.78, 5) is 5.10. The Morgan fingerprint density at radius 2 is 2.19 bits per heavy atom. The van der Waals surface area contributed by atoms with Crippen molar-refractivity contribution in [1.82, 2.24) is 4.98 Å². The quantitative estimate of drug-likeness (QED) is 0.776. The van der Waals surface area contributed by atoms with E-state index in [9.17, 15) is 8.78 Å². The maximum atomic E-state index is 12.3. The molecule has 7 heteroatoms. The number of nitrogen functional groups attached to an aromatic ring is 1. The average Bonchev–Trinajstić information content (AvgIpc) is 2.14. The molecule has 0 atom stereocenters. The molecule has 0 aliphatic heterocycles. The number of aliphatic hydroxyl groups excluding tert-OH is 1. The van der Waals surface area contributed by atoms with Crippen LogP contribution in [0.5, 0.6) is 0 Å². The van der Waals surface area contributed by atoms with E-state index in [1.165, 1.54) is 17.0 Å². The molecule has 4 nitrogen and oxygen atoms in total. The van der Waals surface area contributed by atoms with Gasteiger partial charge in [0.15, 0.2) is 0 Å². The number of nitrogens with zero attached hydrogens (tertiary/aromatic N) is 2. The van der Waals surface area contributed by atoms with Crippen molar-refractivity contribution in [2.45, 2.75) is 6.43 Å². The topological polar surface area (TPSA) is 62.4 Å². The van der Waals surface area contributed by atoms with E-state index in [0.717, 1.165) is 0 Å². The average molecular weight is 252 g/mol. The standard InChI is InChI=1S/C9H12ClF2N3O/c10-7-3-6(13)4-9(14-7)15(1-2-16)5-8(11)12/h3-4,8,16H,1-2,5H2,(H2,13,14). The molecular weight excluding hydrogens is 240 g/mol. The SMILES string of the molecule is Nc1cc(Cl)nc(N(CCO)CC(F)F)c1. The monoisotopic (exact) mass is 251 g/mol. The molecule has 1 heterocycles. The summed E-state index contributed by atoms with van der Waals surface area (Å²) in [6.45, 7) is -0.717. The summed E-state index contributed by atoms with van der Waals surface area (Å²) in [6, 6.07) is 2.86. The van der Waals surface area contributed by atoms with Crippen molar-refractivity contribution in [2.75, 3.05) is 30.3 Å². The van der Waals surface area contributed by atoms with Gasteiger partial charge in [-0.25, -0.2) is 13.8 Å². The second-order valence-electron chi connectivity index (χ2n) is 3.14. The van der Waals surface area contributed by atoms with Gasteiger partial charge >= 0.3 is 0 Å². The third-order valence-electron chi connectivity index (χ3n) is 1.86. The molecule has 90 valence electrons. The van der Waals surface area contributed by atoms with Crippen molar-refractivity contribution in [2.24, 2.45) is 0 Å². The van der Waals surface area contributed by atoms with Crippen LogP contribution in [0.4, 0.5) is 20.3 Å². The first-order valence-corrected chi connectivity index (χ1v) is 4.97. The minimum absolute atomic E-state index is 0.0527. The Balaban J connectivity index is 2.90. The zero-order chi connectivity index (χ0) is 12.1. The van der Waals surface area contributed by atoms with Crippen molar-refractivity contribution in [3.8, 4) is 0 Å². The highest BCUT2D eigenvalue weighted by Gasteiger charge is 2.14. The van der Waals surface area contributed by atoms with Crippen LogP contribution in [0.3, 0.4) is 0 Å². The summed E-state index contributed by atoms with van der Waals surface area (Å²) >= 11 is 5.66. The summed E-state index contributed by atoms with van der Waals surface area (Å²) in [7, 11) is 0. The van der Waals surface area contributed by atoms with Crippen LogP contribution >= 0.6 is 11.6 Å². The van der Waals surface area contributed by atoms with Gasteiger partial charge in [-0.05, 0) is 6.07 Å². The summed E-state index contributed by atoms with van der Waals surface area (Å²) < 4.78 is 24.6.